The van der Waals surface area contributed by atoms with E-state index in [2.05, 4.69) is 4.98 Å². The largest absolute Gasteiger partial charge is 0.328 e. The lowest BCUT2D eigenvalue weighted by atomic mass is 10.2. The van der Waals surface area contributed by atoms with E-state index in [1.165, 1.54) is 6.07 Å². The summed E-state index contributed by atoms with van der Waals surface area (Å²) in [6, 6.07) is 1.49. The summed E-state index contributed by atoms with van der Waals surface area (Å²) in [4.78, 5) is 24.5. The molecule has 13 heavy (non-hydrogen) atoms. The molecular formula is C9H14N2O2. The fourth-order valence-electron chi connectivity index (χ4n) is 1.38. The normalized spacial score (nSPS) is 10.3. The van der Waals surface area contributed by atoms with Crippen molar-refractivity contribution >= 4 is 0 Å². The van der Waals surface area contributed by atoms with Crippen LogP contribution in [0, 0.1) is 0 Å². The zero-order chi connectivity index (χ0) is 9.84. The molecule has 0 aliphatic rings. The number of H-pyrrole nitrogens is 1. The molecule has 0 bridgehead atoms. The molecule has 4 nitrogen and oxygen atoms in total. The van der Waals surface area contributed by atoms with Gasteiger partial charge < -0.3 is 0 Å². The monoisotopic (exact) mass is 182 g/mol. The molecule has 0 aliphatic heterocycles. The van der Waals surface area contributed by atoms with Crippen molar-refractivity contribution in [2.24, 2.45) is 0 Å². The van der Waals surface area contributed by atoms with E-state index in [9.17, 15) is 9.59 Å². The molecule has 1 aromatic heterocycles. The Labute approximate surface area is 76.2 Å². The predicted octanol–water partition coefficient (Wildman–Crippen LogP) is 0.509. The topological polar surface area (TPSA) is 54.9 Å². The molecule has 0 atom stereocenters. The Kier molecular flexibility index (Phi) is 3.06. The molecule has 1 aromatic rings. The second-order valence-electron chi connectivity index (χ2n) is 2.92. The Hall–Kier alpha value is -1.32. The van der Waals surface area contributed by atoms with Crippen LogP contribution in [0.1, 0.15) is 26.0 Å². The number of nitrogens with one attached hydrogen (secondary N) is 1. The summed E-state index contributed by atoms with van der Waals surface area (Å²) in [5.41, 5.74) is 0.204. The summed E-state index contributed by atoms with van der Waals surface area (Å²) in [7, 11) is 0. The molecule has 0 aliphatic carbocycles. The maximum Gasteiger partial charge on any atom is 0.328 e. The van der Waals surface area contributed by atoms with Crippen LogP contribution in [0.15, 0.2) is 15.7 Å². The number of hydrogen-bond acceptors (Lipinski definition) is 2. The predicted molar refractivity (Wildman–Crippen MR) is 51.0 cm³/mol. The van der Waals surface area contributed by atoms with Crippen LogP contribution in [-0.4, -0.2) is 9.55 Å². The van der Waals surface area contributed by atoms with E-state index in [4.69, 9.17) is 0 Å². The maximum absolute atomic E-state index is 11.3. The van der Waals surface area contributed by atoms with Crippen molar-refractivity contribution in [3.8, 4) is 0 Å². The maximum atomic E-state index is 11.3. The van der Waals surface area contributed by atoms with Crippen molar-refractivity contribution < 1.29 is 0 Å². The highest BCUT2D eigenvalue weighted by Gasteiger charge is 2.02. The highest BCUT2D eigenvalue weighted by molar-refractivity contribution is 5.01. The summed E-state index contributed by atoms with van der Waals surface area (Å²) in [5.74, 6) is 0. The van der Waals surface area contributed by atoms with Crippen molar-refractivity contribution in [2.45, 2.75) is 33.2 Å². The van der Waals surface area contributed by atoms with Crippen molar-refractivity contribution in [3.63, 3.8) is 0 Å². The van der Waals surface area contributed by atoms with Crippen LogP contribution >= 0.6 is 0 Å². The molecule has 1 heterocycles. The Morgan fingerprint density at radius 3 is 2.62 bits per heavy atom. The number of nitrogens with zero attached hydrogens (tertiary/aromatic N) is 1. The van der Waals surface area contributed by atoms with Gasteiger partial charge in [0.05, 0.1) is 0 Å². The van der Waals surface area contributed by atoms with Crippen LogP contribution in [0.25, 0.3) is 0 Å². The van der Waals surface area contributed by atoms with E-state index in [0.717, 1.165) is 18.5 Å². The number of aryl methyl sites for hydroxylation is 1. The number of aromatic amines is 1. The van der Waals surface area contributed by atoms with E-state index in [1.807, 2.05) is 13.8 Å². The molecule has 1 rings (SSSR count). The molecule has 0 saturated carbocycles. The Balaban J connectivity index is 3.29. The molecule has 0 amide bonds. The van der Waals surface area contributed by atoms with Crippen molar-refractivity contribution in [2.75, 3.05) is 0 Å². The van der Waals surface area contributed by atoms with Gasteiger partial charge in [-0.2, -0.15) is 0 Å². The molecule has 0 aromatic carbocycles. The molecule has 1 N–H and O–H groups in total. The first-order valence-corrected chi connectivity index (χ1v) is 4.52. The average Bonchev–Trinajstić information content (AvgIpc) is 2.04. The number of hydrogen-bond donors (Lipinski definition) is 1. The van der Waals surface area contributed by atoms with Gasteiger partial charge in [0, 0.05) is 18.3 Å². The van der Waals surface area contributed by atoms with Crippen molar-refractivity contribution in [1.82, 2.24) is 9.55 Å². The first-order chi connectivity index (χ1) is 6.19. The van der Waals surface area contributed by atoms with Gasteiger partial charge in [-0.3, -0.25) is 14.3 Å². The third kappa shape index (κ3) is 2.08. The van der Waals surface area contributed by atoms with Gasteiger partial charge in [-0.15, -0.1) is 0 Å². The average molecular weight is 182 g/mol. The Morgan fingerprint density at radius 1 is 1.38 bits per heavy atom. The third-order valence-corrected chi connectivity index (χ3v) is 1.94. The van der Waals surface area contributed by atoms with Gasteiger partial charge in [0.25, 0.3) is 5.56 Å². The molecule has 72 valence electrons. The minimum atomic E-state index is -0.307. The summed E-state index contributed by atoms with van der Waals surface area (Å²) in [5, 5.41) is 0. The highest BCUT2D eigenvalue weighted by Crippen LogP contribution is 1.96. The van der Waals surface area contributed by atoms with Crippen LogP contribution in [0.3, 0.4) is 0 Å². The van der Waals surface area contributed by atoms with E-state index in [1.54, 1.807) is 4.57 Å². The highest BCUT2D eigenvalue weighted by atomic mass is 16.2. The standard InChI is InChI=1S/C9H14N2O2/c1-3-5-7-6-8(12)10-9(13)11(7)4-2/h6H,3-5H2,1-2H3,(H,10,12,13). The third-order valence-electron chi connectivity index (χ3n) is 1.94. The number of aromatic nitrogens is 2. The lowest BCUT2D eigenvalue weighted by Gasteiger charge is -2.07. The molecule has 0 fully saturated rings. The van der Waals surface area contributed by atoms with Gasteiger partial charge in [0.2, 0.25) is 0 Å². The Bertz CT molecular complexity index is 389. The van der Waals surface area contributed by atoms with Crippen LogP contribution in [-0.2, 0) is 13.0 Å². The smallest absolute Gasteiger partial charge is 0.298 e. The molecule has 4 heteroatoms. The minimum Gasteiger partial charge on any atom is -0.298 e. The molecule has 0 unspecified atom stereocenters. The summed E-state index contributed by atoms with van der Waals surface area (Å²) < 4.78 is 1.59. The summed E-state index contributed by atoms with van der Waals surface area (Å²) >= 11 is 0. The zero-order valence-electron chi connectivity index (χ0n) is 7.96. The second kappa shape index (κ2) is 4.07. The van der Waals surface area contributed by atoms with Gasteiger partial charge in [-0.05, 0) is 13.3 Å². The van der Waals surface area contributed by atoms with E-state index in [-0.39, 0.29) is 11.2 Å². The van der Waals surface area contributed by atoms with Gasteiger partial charge >= 0.3 is 5.69 Å². The fraction of sp³-hybridized carbons (Fsp3) is 0.556. The van der Waals surface area contributed by atoms with E-state index in [0.29, 0.717) is 6.54 Å². The van der Waals surface area contributed by atoms with Crippen LogP contribution in [0.5, 0.6) is 0 Å². The Morgan fingerprint density at radius 2 is 2.08 bits per heavy atom. The fourth-order valence-corrected chi connectivity index (χ4v) is 1.38. The first kappa shape index (κ1) is 9.77. The molecular weight excluding hydrogens is 168 g/mol. The van der Waals surface area contributed by atoms with Gasteiger partial charge in [0.1, 0.15) is 0 Å². The van der Waals surface area contributed by atoms with E-state index < -0.39 is 0 Å². The lowest BCUT2D eigenvalue weighted by molar-refractivity contribution is 0.638. The second-order valence-corrected chi connectivity index (χ2v) is 2.92. The minimum absolute atomic E-state index is 0.307. The van der Waals surface area contributed by atoms with Gasteiger partial charge in [-0.1, -0.05) is 13.3 Å². The van der Waals surface area contributed by atoms with Crippen LogP contribution in [0.4, 0.5) is 0 Å². The molecule has 0 radical (unpaired) electrons. The quantitative estimate of drug-likeness (QED) is 0.740. The molecule has 0 saturated heterocycles. The zero-order valence-corrected chi connectivity index (χ0v) is 7.96. The summed E-state index contributed by atoms with van der Waals surface area (Å²) in [6.45, 7) is 4.51. The van der Waals surface area contributed by atoms with Crippen LogP contribution < -0.4 is 11.2 Å². The van der Waals surface area contributed by atoms with E-state index >= 15 is 0 Å². The lowest BCUT2D eigenvalue weighted by Crippen LogP contribution is -2.31. The van der Waals surface area contributed by atoms with Crippen molar-refractivity contribution in [1.29, 1.82) is 0 Å². The van der Waals surface area contributed by atoms with Gasteiger partial charge in [0.15, 0.2) is 0 Å². The van der Waals surface area contributed by atoms with Crippen LogP contribution in [0.2, 0.25) is 0 Å². The SMILES string of the molecule is CCCc1cc(=O)[nH]c(=O)n1CC. The van der Waals surface area contributed by atoms with Crippen molar-refractivity contribution in [3.05, 3.63) is 32.6 Å². The molecule has 0 spiro atoms. The summed E-state index contributed by atoms with van der Waals surface area (Å²) in [6.07, 6.45) is 1.70. The number of rotatable bonds is 3. The van der Waals surface area contributed by atoms with Gasteiger partial charge in [-0.25, -0.2) is 4.79 Å². The first-order valence-electron chi connectivity index (χ1n) is 4.52.